The van der Waals surface area contributed by atoms with Crippen molar-refractivity contribution < 1.29 is 0 Å². The number of rotatable bonds is 6. The van der Waals surface area contributed by atoms with Gasteiger partial charge in [-0.05, 0) is 31.6 Å². The molecule has 0 saturated carbocycles. The first-order valence-corrected chi connectivity index (χ1v) is 8.17. The van der Waals surface area contributed by atoms with Gasteiger partial charge in [0.25, 0.3) is 0 Å². The van der Waals surface area contributed by atoms with Gasteiger partial charge in [-0.2, -0.15) is 11.8 Å². The molecule has 18 heavy (non-hydrogen) atoms. The Morgan fingerprint density at radius 1 is 1.56 bits per heavy atom. The Labute approximate surface area is 115 Å². The number of thioether (sulfide) groups is 1. The standard InChI is InChI=1S/C14H25N3S/c1-3-7-15-12(13-6-4-5-10-18-13)11-14-16-8-9-17(14)2/h8-9,12-13,15H,3-7,10-11H2,1-2H3. The number of nitrogens with zero attached hydrogens (tertiary/aromatic N) is 2. The summed E-state index contributed by atoms with van der Waals surface area (Å²) in [6.07, 6.45) is 10.3. The highest BCUT2D eigenvalue weighted by molar-refractivity contribution is 8.00. The monoisotopic (exact) mass is 267 g/mol. The van der Waals surface area contributed by atoms with Crippen LogP contribution in [0.4, 0.5) is 0 Å². The lowest BCUT2D eigenvalue weighted by Crippen LogP contribution is -2.42. The van der Waals surface area contributed by atoms with Crippen LogP contribution in [-0.2, 0) is 13.5 Å². The molecule has 0 amide bonds. The predicted molar refractivity (Wildman–Crippen MR) is 79.1 cm³/mol. The second kappa shape index (κ2) is 7.19. The van der Waals surface area contributed by atoms with Gasteiger partial charge in [0.1, 0.15) is 5.82 Å². The molecular formula is C14H25N3S. The van der Waals surface area contributed by atoms with Gasteiger partial charge in [0, 0.05) is 37.2 Å². The maximum absolute atomic E-state index is 4.47. The summed E-state index contributed by atoms with van der Waals surface area (Å²) in [5, 5.41) is 4.50. The van der Waals surface area contributed by atoms with Crippen LogP contribution in [0.3, 0.4) is 0 Å². The summed E-state index contributed by atoms with van der Waals surface area (Å²) in [5.74, 6) is 2.53. The summed E-state index contributed by atoms with van der Waals surface area (Å²) in [6.45, 7) is 3.35. The SMILES string of the molecule is CCCNC(Cc1nccn1C)C1CCCCS1. The molecule has 1 aromatic rings. The van der Waals surface area contributed by atoms with Crippen molar-refractivity contribution >= 4 is 11.8 Å². The van der Waals surface area contributed by atoms with Crippen LogP contribution in [-0.4, -0.2) is 33.1 Å². The quantitative estimate of drug-likeness (QED) is 0.859. The average molecular weight is 267 g/mol. The summed E-state index contributed by atoms with van der Waals surface area (Å²) in [5.41, 5.74) is 0. The first-order chi connectivity index (χ1) is 8.81. The fraction of sp³-hybridized carbons (Fsp3) is 0.786. The van der Waals surface area contributed by atoms with Crippen LogP contribution in [0.2, 0.25) is 0 Å². The molecule has 1 aliphatic heterocycles. The van der Waals surface area contributed by atoms with Crippen LogP contribution in [0.1, 0.15) is 38.4 Å². The molecule has 4 heteroatoms. The van der Waals surface area contributed by atoms with Gasteiger partial charge in [-0.3, -0.25) is 0 Å². The molecule has 0 aliphatic carbocycles. The number of aryl methyl sites for hydroxylation is 1. The third-order valence-electron chi connectivity index (χ3n) is 3.64. The lowest BCUT2D eigenvalue weighted by Gasteiger charge is -2.30. The zero-order valence-corrected chi connectivity index (χ0v) is 12.4. The third kappa shape index (κ3) is 3.75. The average Bonchev–Trinajstić information content (AvgIpc) is 2.81. The van der Waals surface area contributed by atoms with Gasteiger partial charge >= 0.3 is 0 Å². The topological polar surface area (TPSA) is 29.9 Å². The third-order valence-corrected chi connectivity index (χ3v) is 5.16. The number of imidazole rings is 1. The van der Waals surface area contributed by atoms with Gasteiger partial charge in [0.05, 0.1) is 0 Å². The fourth-order valence-electron chi connectivity index (χ4n) is 2.54. The molecule has 102 valence electrons. The van der Waals surface area contributed by atoms with Crippen molar-refractivity contribution in [3.05, 3.63) is 18.2 Å². The minimum atomic E-state index is 0.580. The molecule has 0 aromatic carbocycles. The number of hydrogen-bond donors (Lipinski definition) is 1. The molecule has 0 radical (unpaired) electrons. The Morgan fingerprint density at radius 3 is 3.06 bits per heavy atom. The summed E-state index contributed by atoms with van der Waals surface area (Å²) in [7, 11) is 2.09. The largest absolute Gasteiger partial charge is 0.338 e. The van der Waals surface area contributed by atoms with E-state index in [1.54, 1.807) is 0 Å². The molecule has 2 heterocycles. The maximum atomic E-state index is 4.47. The second-order valence-electron chi connectivity index (χ2n) is 5.12. The fourth-order valence-corrected chi connectivity index (χ4v) is 3.97. The van der Waals surface area contributed by atoms with E-state index in [0.717, 1.165) is 18.2 Å². The van der Waals surface area contributed by atoms with Gasteiger partial charge in [0.15, 0.2) is 0 Å². The van der Waals surface area contributed by atoms with Gasteiger partial charge in [-0.25, -0.2) is 4.98 Å². The lowest BCUT2D eigenvalue weighted by molar-refractivity contribution is 0.450. The number of aromatic nitrogens is 2. The molecule has 2 rings (SSSR count). The summed E-state index contributed by atoms with van der Waals surface area (Å²) in [4.78, 5) is 4.47. The number of hydrogen-bond acceptors (Lipinski definition) is 3. The predicted octanol–water partition coefficient (Wildman–Crippen LogP) is 2.62. The molecule has 1 aliphatic rings. The molecule has 1 N–H and O–H groups in total. The maximum Gasteiger partial charge on any atom is 0.109 e. The van der Waals surface area contributed by atoms with Crippen LogP contribution in [0.15, 0.2) is 12.4 Å². The minimum Gasteiger partial charge on any atom is -0.338 e. The van der Waals surface area contributed by atoms with Crippen molar-refractivity contribution in [2.75, 3.05) is 12.3 Å². The zero-order valence-electron chi connectivity index (χ0n) is 11.6. The van der Waals surface area contributed by atoms with E-state index in [2.05, 4.69) is 40.6 Å². The second-order valence-corrected chi connectivity index (χ2v) is 6.47. The Morgan fingerprint density at radius 2 is 2.44 bits per heavy atom. The summed E-state index contributed by atoms with van der Waals surface area (Å²) in [6, 6.07) is 0.580. The zero-order chi connectivity index (χ0) is 12.8. The van der Waals surface area contributed by atoms with E-state index in [1.807, 2.05) is 12.4 Å². The van der Waals surface area contributed by atoms with Gasteiger partial charge < -0.3 is 9.88 Å². The molecule has 0 bridgehead atoms. The molecule has 1 aromatic heterocycles. The first-order valence-electron chi connectivity index (χ1n) is 7.12. The van der Waals surface area contributed by atoms with E-state index < -0.39 is 0 Å². The van der Waals surface area contributed by atoms with E-state index in [9.17, 15) is 0 Å². The van der Waals surface area contributed by atoms with Crippen molar-refractivity contribution in [3.8, 4) is 0 Å². The smallest absolute Gasteiger partial charge is 0.109 e. The van der Waals surface area contributed by atoms with Crippen LogP contribution >= 0.6 is 11.8 Å². The highest BCUT2D eigenvalue weighted by atomic mass is 32.2. The Kier molecular flexibility index (Phi) is 5.57. The minimum absolute atomic E-state index is 0.580. The molecule has 2 atom stereocenters. The Hall–Kier alpha value is -0.480. The van der Waals surface area contributed by atoms with Crippen LogP contribution < -0.4 is 5.32 Å². The Balaban J connectivity index is 1.97. The number of nitrogens with one attached hydrogen (secondary N) is 1. The molecule has 1 fully saturated rings. The van der Waals surface area contributed by atoms with Crippen molar-refractivity contribution in [3.63, 3.8) is 0 Å². The van der Waals surface area contributed by atoms with E-state index in [4.69, 9.17) is 0 Å². The van der Waals surface area contributed by atoms with Crippen LogP contribution in [0, 0.1) is 0 Å². The lowest BCUT2D eigenvalue weighted by atomic mass is 10.0. The summed E-state index contributed by atoms with van der Waals surface area (Å²) < 4.78 is 2.15. The van der Waals surface area contributed by atoms with Crippen molar-refractivity contribution in [1.29, 1.82) is 0 Å². The highest BCUT2D eigenvalue weighted by Gasteiger charge is 2.24. The van der Waals surface area contributed by atoms with Crippen molar-refractivity contribution in [2.45, 2.75) is 50.3 Å². The molecule has 2 unspecified atom stereocenters. The van der Waals surface area contributed by atoms with Crippen LogP contribution in [0.5, 0.6) is 0 Å². The van der Waals surface area contributed by atoms with Gasteiger partial charge in [-0.15, -0.1) is 0 Å². The molecule has 3 nitrogen and oxygen atoms in total. The van der Waals surface area contributed by atoms with E-state index in [1.165, 1.54) is 37.3 Å². The molecule has 0 spiro atoms. The highest BCUT2D eigenvalue weighted by Crippen LogP contribution is 2.28. The van der Waals surface area contributed by atoms with E-state index in [0.29, 0.717) is 6.04 Å². The van der Waals surface area contributed by atoms with Gasteiger partial charge in [0.2, 0.25) is 0 Å². The molecule has 1 saturated heterocycles. The van der Waals surface area contributed by atoms with E-state index in [-0.39, 0.29) is 0 Å². The van der Waals surface area contributed by atoms with Crippen LogP contribution in [0.25, 0.3) is 0 Å². The molecular weight excluding hydrogens is 242 g/mol. The normalized spacial score (nSPS) is 22.0. The van der Waals surface area contributed by atoms with Crippen molar-refractivity contribution in [2.24, 2.45) is 7.05 Å². The van der Waals surface area contributed by atoms with E-state index >= 15 is 0 Å². The first kappa shape index (κ1) is 13.9. The van der Waals surface area contributed by atoms with Gasteiger partial charge in [-0.1, -0.05) is 13.3 Å². The Bertz CT molecular complexity index is 345. The van der Waals surface area contributed by atoms with Crippen molar-refractivity contribution in [1.82, 2.24) is 14.9 Å². The summed E-state index contributed by atoms with van der Waals surface area (Å²) >= 11 is 2.15.